The number of aromatic amines is 1. The number of rotatable bonds is 6. The maximum Gasteiger partial charge on any atom is 0.326 e. The molecule has 28 heavy (non-hydrogen) atoms. The first-order valence-electron chi connectivity index (χ1n) is 10.0. The Kier molecular flexibility index (Phi) is 5.30. The predicted octanol–water partition coefficient (Wildman–Crippen LogP) is 3.81. The number of hydrogen-bond donors (Lipinski definition) is 3. The van der Waals surface area contributed by atoms with Crippen LogP contribution in [0.15, 0.2) is 47.3 Å². The fraction of sp³-hybridized carbons (Fsp3) is 0.364. The highest BCUT2D eigenvalue weighted by Gasteiger charge is 2.21. The van der Waals surface area contributed by atoms with Gasteiger partial charge in [-0.25, -0.2) is 4.79 Å². The second kappa shape index (κ2) is 8.02. The molecule has 1 aliphatic carbocycles. The molecule has 146 valence electrons. The molecule has 1 aliphatic rings. The number of carbonyl (C=O) groups is 1. The molecule has 1 amide bonds. The molecule has 0 saturated heterocycles. The number of anilines is 1. The molecule has 3 aromatic rings. The number of hydrogen-bond acceptors (Lipinski definition) is 3. The lowest BCUT2D eigenvalue weighted by Gasteiger charge is -2.11. The summed E-state index contributed by atoms with van der Waals surface area (Å²) < 4.78 is 1.86. The fourth-order valence-electron chi connectivity index (χ4n) is 4.03. The minimum atomic E-state index is -0.183. The first-order valence-corrected chi connectivity index (χ1v) is 10.0. The molecular formula is C22H26N4O2. The number of H-pyrrole nitrogens is 1. The third kappa shape index (κ3) is 3.73. The third-order valence-corrected chi connectivity index (χ3v) is 5.43. The summed E-state index contributed by atoms with van der Waals surface area (Å²) in [5.41, 5.74) is 3.91. The fourth-order valence-corrected chi connectivity index (χ4v) is 4.03. The second-order valence-electron chi connectivity index (χ2n) is 7.41. The Morgan fingerprint density at radius 1 is 1.18 bits per heavy atom. The Morgan fingerprint density at radius 3 is 2.79 bits per heavy atom. The van der Waals surface area contributed by atoms with Gasteiger partial charge >= 0.3 is 5.69 Å². The van der Waals surface area contributed by atoms with Crippen LogP contribution in [0.1, 0.15) is 54.6 Å². The normalized spacial score (nSPS) is 14.6. The van der Waals surface area contributed by atoms with E-state index in [0.717, 1.165) is 55.5 Å². The zero-order valence-corrected chi connectivity index (χ0v) is 16.1. The van der Waals surface area contributed by atoms with Crippen molar-refractivity contribution in [2.75, 3.05) is 11.9 Å². The molecule has 0 radical (unpaired) electrons. The molecule has 1 heterocycles. The van der Waals surface area contributed by atoms with Gasteiger partial charge in [-0.05, 0) is 55.3 Å². The van der Waals surface area contributed by atoms with Crippen molar-refractivity contribution >= 4 is 22.6 Å². The van der Waals surface area contributed by atoms with E-state index in [9.17, 15) is 9.59 Å². The van der Waals surface area contributed by atoms with Crippen molar-refractivity contribution in [3.63, 3.8) is 0 Å². The molecule has 3 N–H and O–H groups in total. The van der Waals surface area contributed by atoms with Gasteiger partial charge in [0.1, 0.15) is 0 Å². The number of nitrogens with one attached hydrogen (secondary N) is 3. The van der Waals surface area contributed by atoms with Crippen molar-refractivity contribution in [2.24, 2.45) is 0 Å². The zero-order valence-electron chi connectivity index (χ0n) is 16.1. The maximum atomic E-state index is 12.7. The van der Waals surface area contributed by atoms with Crippen LogP contribution in [-0.4, -0.2) is 22.0 Å². The molecule has 2 aromatic carbocycles. The van der Waals surface area contributed by atoms with Crippen LogP contribution in [0.4, 0.5) is 5.69 Å². The van der Waals surface area contributed by atoms with Crippen LogP contribution in [0.2, 0.25) is 0 Å². The van der Waals surface area contributed by atoms with E-state index in [4.69, 9.17) is 0 Å². The summed E-state index contributed by atoms with van der Waals surface area (Å²) in [4.78, 5) is 28.0. The van der Waals surface area contributed by atoms with Gasteiger partial charge in [0.25, 0.3) is 5.91 Å². The number of imidazole rings is 1. The van der Waals surface area contributed by atoms with Gasteiger partial charge in [0.15, 0.2) is 0 Å². The van der Waals surface area contributed by atoms with E-state index in [2.05, 4.69) is 22.5 Å². The lowest BCUT2D eigenvalue weighted by atomic mass is 10.1. The minimum Gasteiger partial charge on any atom is -0.322 e. The maximum absolute atomic E-state index is 12.7. The lowest BCUT2D eigenvalue weighted by molar-refractivity contribution is 0.102. The average molecular weight is 378 g/mol. The topological polar surface area (TPSA) is 78.9 Å². The average Bonchev–Trinajstić information content (AvgIpc) is 3.32. The molecular weight excluding hydrogens is 352 g/mol. The molecule has 1 fully saturated rings. The molecule has 6 nitrogen and oxygen atoms in total. The van der Waals surface area contributed by atoms with Gasteiger partial charge in [0.2, 0.25) is 0 Å². The number of benzene rings is 2. The van der Waals surface area contributed by atoms with Crippen LogP contribution in [0.3, 0.4) is 0 Å². The predicted molar refractivity (Wildman–Crippen MR) is 112 cm³/mol. The van der Waals surface area contributed by atoms with Crippen molar-refractivity contribution in [1.82, 2.24) is 14.9 Å². The van der Waals surface area contributed by atoms with Crippen LogP contribution in [0.25, 0.3) is 11.0 Å². The van der Waals surface area contributed by atoms with E-state index in [1.54, 1.807) is 12.1 Å². The molecule has 0 atom stereocenters. The summed E-state index contributed by atoms with van der Waals surface area (Å²) in [7, 11) is 0. The highest BCUT2D eigenvalue weighted by atomic mass is 16.2. The molecule has 1 aromatic heterocycles. The number of fused-ring (bicyclic) bond motifs is 1. The molecule has 6 heteroatoms. The third-order valence-electron chi connectivity index (χ3n) is 5.43. The Labute approximate surface area is 164 Å². The van der Waals surface area contributed by atoms with Crippen LogP contribution < -0.4 is 16.3 Å². The van der Waals surface area contributed by atoms with E-state index < -0.39 is 0 Å². The Hall–Kier alpha value is -2.86. The summed E-state index contributed by atoms with van der Waals surface area (Å²) in [6, 6.07) is 13.5. The van der Waals surface area contributed by atoms with Gasteiger partial charge in [-0.15, -0.1) is 0 Å². The van der Waals surface area contributed by atoms with E-state index in [-0.39, 0.29) is 17.6 Å². The van der Waals surface area contributed by atoms with Crippen molar-refractivity contribution in [1.29, 1.82) is 0 Å². The molecule has 0 bridgehead atoms. The van der Waals surface area contributed by atoms with Crippen molar-refractivity contribution in [3.05, 3.63) is 64.1 Å². The van der Waals surface area contributed by atoms with Gasteiger partial charge in [-0.2, -0.15) is 0 Å². The summed E-state index contributed by atoms with van der Waals surface area (Å²) in [6.07, 6.45) is 4.41. The SMILES string of the molecule is CCNCc1cccc(NC(=O)c2ccc3c(c2)[nH]c(=O)n3C2CCCC2)c1. The first-order chi connectivity index (χ1) is 13.7. The number of carbonyl (C=O) groups excluding carboxylic acids is 1. The highest BCUT2D eigenvalue weighted by molar-refractivity contribution is 6.06. The van der Waals surface area contributed by atoms with E-state index in [1.807, 2.05) is 34.9 Å². The lowest BCUT2D eigenvalue weighted by Crippen LogP contribution is -2.20. The van der Waals surface area contributed by atoms with Gasteiger partial charge in [-0.3, -0.25) is 9.36 Å². The van der Waals surface area contributed by atoms with E-state index >= 15 is 0 Å². The second-order valence-corrected chi connectivity index (χ2v) is 7.41. The Bertz CT molecular complexity index is 1040. The van der Waals surface area contributed by atoms with Crippen molar-refractivity contribution in [3.8, 4) is 0 Å². The van der Waals surface area contributed by atoms with Crippen molar-refractivity contribution in [2.45, 2.75) is 45.2 Å². The van der Waals surface area contributed by atoms with Crippen LogP contribution in [0.5, 0.6) is 0 Å². The number of amides is 1. The quantitative estimate of drug-likeness (QED) is 0.610. The summed E-state index contributed by atoms with van der Waals surface area (Å²) in [6.45, 7) is 3.73. The molecule has 0 spiro atoms. The van der Waals surface area contributed by atoms with Crippen LogP contribution >= 0.6 is 0 Å². The Morgan fingerprint density at radius 2 is 2.00 bits per heavy atom. The highest BCUT2D eigenvalue weighted by Crippen LogP contribution is 2.30. The van der Waals surface area contributed by atoms with Crippen molar-refractivity contribution < 1.29 is 4.79 Å². The molecule has 1 saturated carbocycles. The van der Waals surface area contributed by atoms with E-state index in [1.165, 1.54) is 0 Å². The summed E-state index contributed by atoms with van der Waals surface area (Å²) in [5, 5.41) is 6.23. The standard InChI is InChI=1S/C22H26N4O2/c1-2-23-14-15-6-5-7-17(12-15)24-21(27)16-10-11-20-19(13-16)25-22(28)26(20)18-8-3-4-9-18/h5-7,10-13,18,23H,2-4,8-9,14H2,1H3,(H,24,27)(H,25,28). The largest absolute Gasteiger partial charge is 0.326 e. The smallest absolute Gasteiger partial charge is 0.322 e. The summed E-state index contributed by atoms with van der Waals surface area (Å²) >= 11 is 0. The van der Waals surface area contributed by atoms with Gasteiger partial charge in [-0.1, -0.05) is 31.9 Å². The Balaban J connectivity index is 1.56. The minimum absolute atomic E-state index is 0.0874. The monoisotopic (exact) mass is 378 g/mol. The molecule has 0 aliphatic heterocycles. The van der Waals surface area contributed by atoms with Gasteiger partial charge in [0.05, 0.1) is 11.0 Å². The summed E-state index contributed by atoms with van der Waals surface area (Å²) in [5.74, 6) is -0.183. The van der Waals surface area contributed by atoms with Gasteiger partial charge in [0, 0.05) is 23.8 Å². The van der Waals surface area contributed by atoms with Crippen LogP contribution in [-0.2, 0) is 6.54 Å². The number of nitrogens with zero attached hydrogens (tertiary/aromatic N) is 1. The molecule has 4 rings (SSSR count). The number of aromatic nitrogens is 2. The zero-order chi connectivity index (χ0) is 19.5. The van der Waals surface area contributed by atoms with Gasteiger partial charge < -0.3 is 15.6 Å². The van der Waals surface area contributed by atoms with E-state index in [0.29, 0.717) is 11.1 Å². The molecule has 0 unspecified atom stereocenters. The first kappa shape index (κ1) is 18.5. The van der Waals surface area contributed by atoms with Crippen LogP contribution in [0, 0.1) is 0 Å².